The van der Waals surface area contributed by atoms with Crippen LogP contribution < -0.4 is 19.7 Å². The van der Waals surface area contributed by atoms with Crippen molar-refractivity contribution in [3.05, 3.63) is 53.6 Å². The van der Waals surface area contributed by atoms with Gasteiger partial charge in [0.1, 0.15) is 18.0 Å². The lowest BCUT2D eigenvalue weighted by Gasteiger charge is -2.23. The lowest BCUT2D eigenvalue weighted by molar-refractivity contribution is -0.918. The molecule has 150 valence electrons. The van der Waals surface area contributed by atoms with E-state index in [0.717, 1.165) is 12.2 Å². The summed E-state index contributed by atoms with van der Waals surface area (Å²) in [5, 5.41) is 2.97. The van der Waals surface area contributed by atoms with Crippen LogP contribution in [0, 0.1) is 0 Å². The zero-order valence-corrected chi connectivity index (χ0v) is 16.9. The number of benzene rings is 2. The van der Waals surface area contributed by atoms with Crippen molar-refractivity contribution in [3.63, 3.8) is 0 Å². The van der Waals surface area contributed by atoms with Crippen molar-refractivity contribution in [3.8, 4) is 11.5 Å². The largest absolute Gasteiger partial charge is 0.494 e. The maximum atomic E-state index is 12.7. The molecule has 0 atom stereocenters. The van der Waals surface area contributed by atoms with Gasteiger partial charge in [-0.05, 0) is 57.4 Å². The van der Waals surface area contributed by atoms with Gasteiger partial charge in [0.2, 0.25) is 0 Å². The molecule has 1 amide bonds. The lowest BCUT2D eigenvalue weighted by atomic mass is 10.1. The van der Waals surface area contributed by atoms with E-state index in [1.165, 1.54) is 37.9 Å². The van der Waals surface area contributed by atoms with Gasteiger partial charge in [0, 0.05) is 22.9 Å². The van der Waals surface area contributed by atoms with E-state index in [0.29, 0.717) is 30.3 Å². The number of hydrogen-bond acceptors (Lipinski definition) is 3. The first-order valence-corrected chi connectivity index (χ1v) is 10.3. The number of ether oxygens (including phenoxy) is 2. The van der Waals surface area contributed by atoms with Gasteiger partial charge >= 0.3 is 0 Å². The number of piperidine rings is 1. The number of amides is 1. The van der Waals surface area contributed by atoms with Gasteiger partial charge in [-0.15, -0.1) is 0 Å². The molecule has 5 nitrogen and oxygen atoms in total. The third kappa shape index (κ3) is 5.73. The Morgan fingerprint density at radius 2 is 1.54 bits per heavy atom. The Kier molecular flexibility index (Phi) is 7.31. The summed E-state index contributed by atoms with van der Waals surface area (Å²) in [4.78, 5) is 14.4. The Bertz CT molecular complexity index is 744. The van der Waals surface area contributed by atoms with Gasteiger partial charge in [-0.25, -0.2) is 0 Å². The van der Waals surface area contributed by atoms with Crippen molar-refractivity contribution in [1.29, 1.82) is 0 Å². The molecular weight excluding hydrogens is 352 g/mol. The number of likely N-dealkylation sites (tertiary alicyclic amines) is 1. The summed E-state index contributed by atoms with van der Waals surface area (Å²) in [6.45, 7) is 8.49. The number of hydrogen-bond donors (Lipinski definition) is 2. The predicted octanol–water partition coefficient (Wildman–Crippen LogP) is 3.31. The molecule has 0 spiro atoms. The molecule has 0 radical (unpaired) electrons. The SMILES string of the molecule is CCOc1cc(OCC)cc(C(=O)Nc2ccc(C[NH+]3CCCCC3)cc2)c1. The maximum absolute atomic E-state index is 12.7. The van der Waals surface area contributed by atoms with E-state index in [2.05, 4.69) is 17.4 Å². The Balaban J connectivity index is 1.65. The fourth-order valence-corrected chi connectivity index (χ4v) is 3.63. The predicted molar refractivity (Wildman–Crippen MR) is 111 cm³/mol. The van der Waals surface area contributed by atoms with Gasteiger partial charge in [-0.3, -0.25) is 4.79 Å². The summed E-state index contributed by atoms with van der Waals surface area (Å²) in [6.07, 6.45) is 4.02. The van der Waals surface area contributed by atoms with Crippen LogP contribution in [-0.2, 0) is 6.54 Å². The van der Waals surface area contributed by atoms with Crippen LogP contribution in [0.5, 0.6) is 11.5 Å². The topological polar surface area (TPSA) is 52.0 Å². The highest BCUT2D eigenvalue weighted by Gasteiger charge is 2.14. The van der Waals surface area contributed by atoms with E-state index in [4.69, 9.17) is 9.47 Å². The van der Waals surface area contributed by atoms with Crippen LogP contribution in [0.25, 0.3) is 0 Å². The number of quaternary nitrogens is 1. The fraction of sp³-hybridized carbons (Fsp3) is 0.435. The van der Waals surface area contributed by atoms with Crippen molar-refractivity contribution in [2.24, 2.45) is 0 Å². The summed E-state index contributed by atoms with van der Waals surface area (Å²) in [7, 11) is 0. The summed E-state index contributed by atoms with van der Waals surface area (Å²) in [5.41, 5.74) is 2.63. The van der Waals surface area contributed by atoms with Gasteiger partial charge in [-0.2, -0.15) is 0 Å². The first-order chi connectivity index (χ1) is 13.7. The first kappa shape index (κ1) is 20.2. The normalized spacial score (nSPS) is 14.5. The van der Waals surface area contributed by atoms with Crippen molar-refractivity contribution in [1.82, 2.24) is 0 Å². The molecule has 1 aliphatic rings. The zero-order valence-electron chi connectivity index (χ0n) is 16.9. The molecule has 2 N–H and O–H groups in total. The van der Waals surface area contributed by atoms with Crippen LogP contribution in [0.2, 0.25) is 0 Å². The molecule has 1 saturated heterocycles. The second kappa shape index (κ2) is 10.1. The van der Waals surface area contributed by atoms with Crippen LogP contribution in [0.15, 0.2) is 42.5 Å². The number of carbonyl (C=O) groups excluding carboxylic acids is 1. The summed E-state index contributed by atoms with van der Waals surface area (Å²) >= 11 is 0. The fourth-order valence-electron chi connectivity index (χ4n) is 3.63. The molecule has 2 aromatic carbocycles. The molecule has 0 aromatic heterocycles. The van der Waals surface area contributed by atoms with Gasteiger partial charge < -0.3 is 19.7 Å². The second-order valence-electron chi connectivity index (χ2n) is 7.20. The molecule has 2 aromatic rings. The Hall–Kier alpha value is -2.53. The summed E-state index contributed by atoms with van der Waals surface area (Å²) in [6, 6.07) is 13.5. The quantitative estimate of drug-likeness (QED) is 0.735. The molecule has 1 heterocycles. The first-order valence-electron chi connectivity index (χ1n) is 10.3. The van der Waals surface area contributed by atoms with Crippen LogP contribution in [0.4, 0.5) is 5.69 Å². The Morgan fingerprint density at radius 3 is 2.11 bits per heavy atom. The van der Waals surface area contributed by atoms with Crippen LogP contribution in [0.1, 0.15) is 49.0 Å². The Labute approximate surface area is 167 Å². The van der Waals surface area contributed by atoms with Crippen LogP contribution >= 0.6 is 0 Å². The van der Waals surface area contributed by atoms with Crippen molar-refractivity contribution < 1.29 is 19.2 Å². The van der Waals surface area contributed by atoms with E-state index in [9.17, 15) is 4.79 Å². The van der Waals surface area contributed by atoms with Crippen molar-refractivity contribution in [2.75, 3.05) is 31.6 Å². The number of nitrogens with one attached hydrogen (secondary N) is 2. The average molecular weight is 384 g/mol. The Morgan fingerprint density at radius 1 is 0.929 bits per heavy atom. The summed E-state index contributed by atoms with van der Waals surface area (Å²) in [5.74, 6) is 1.11. The van der Waals surface area contributed by atoms with Crippen LogP contribution in [-0.4, -0.2) is 32.2 Å². The molecule has 1 fully saturated rings. The zero-order chi connectivity index (χ0) is 19.8. The smallest absolute Gasteiger partial charge is 0.255 e. The third-order valence-electron chi connectivity index (χ3n) is 4.99. The number of anilines is 1. The molecule has 0 unspecified atom stereocenters. The van der Waals surface area contributed by atoms with Gasteiger partial charge in [0.05, 0.1) is 26.3 Å². The molecule has 28 heavy (non-hydrogen) atoms. The molecule has 0 bridgehead atoms. The molecule has 1 aliphatic heterocycles. The highest BCUT2D eigenvalue weighted by atomic mass is 16.5. The van der Waals surface area contributed by atoms with E-state index in [-0.39, 0.29) is 5.91 Å². The highest BCUT2D eigenvalue weighted by molar-refractivity contribution is 6.04. The van der Waals surface area contributed by atoms with Gasteiger partial charge in [-0.1, -0.05) is 12.1 Å². The molecule has 0 saturated carbocycles. The monoisotopic (exact) mass is 383 g/mol. The van der Waals surface area contributed by atoms with Crippen LogP contribution in [0.3, 0.4) is 0 Å². The average Bonchev–Trinajstić information content (AvgIpc) is 2.70. The number of carbonyl (C=O) groups is 1. The molecule has 5 heteroatoms. The molecule has 3 rings (SSSR count). The van der Waals surface area contributed by atoms with Crippen molar-refractivity contribution >= 4 is 11.6 Å². The minimum Gasteiger partial charge on any atom is -0.494 e. The van der Waals surface area contributed by atoms with E-state index in [1.54, 1.807) is 17.0 Å². The minimum atomic E-state index is -0.170. The lowest BCUT2D eigenvalue weighted by Crippen LogP contribution is -3.11. The molecular formula is C23H31N2O3+. The van der Waals surface area contributed by atoms with E-state index >= 15 is 0 Å². The highest BCUT2D eigenvalue weighted by Crippen LogP contribution is 2.24. The number of rotatable bonds is 8. The maximum Gasteiger partial charge on any atom is 0.255 e. The van der Waals surface area contributed by atoms with E-state index in [1.807, 2.05) is 32.0 Å². The standard InChI is InChI=1S/C23H30N2O3/c1-3-27-21-14-19(15-22(16-21)28-4-2)23(26)24-20-10-8-18(9-11-20)17-25-12-6-5-7-13-25/h8-11,14-16H,3-7,12-13,17H2,1-2H3,(H,24,26)/p+1. The minimum absolute atomic E-state index is 0.170. The van der Waals surface area contributed by atoms with Gasteiger partial charge in [0.25, 0.3) is 5.91 Å². The second-order valence-corrected chi connectivity index (χ2v) is 7.20. The van der Waals surface area contributed by atoms with E-state index < -0.39 is 0 Å². The van der Waals surface area contributed by atoms with Gasteiger partial charge in [0.15, 0.2) is 0 Å². The van der Waals surface area contributed by atoms with Crippen molar-refractivity contribution in [2.45, 2.75) is 39.7 Å². The molecule has 0 aliphatic carbocycles. The third-order valence-corrected chi connectivity index (χ3v) is 4.99. The summed E-state index contributed by atoms with van der Waals surface area (Å²) < 4.78 is 11.1.